The highest BCUT2D eigenvalue weighted by Gasteiger charge is 2.17. The predicted molar refractivity (Wildman–Crippen MR) is 101 cm³/mol. The van der Waals surface area contributed by atoms with Crippen molar-refractivity contribution in [2.45, 2.75) is 46.3 Å². The number of ether oxygens (including phenoxy) is 2. The quantitative estimate of drug-likeness (QED) is 0.624. The zero-order valence-corrected chi connectivity index (χ0v) is 16.5. The minimum atomic E-state index is -0.497. The van der Waals surface area contributed by atoms with Gasteiger partial charge in [0.1, 0.15) is 16.4 Å². The fourth-order valence-electron chi connectivity index (χ4n) is 2.07. The van der Waals surface area contributed by atoms with E-state index >= 15 is 0 Å². The summed E-state index contributed by atoms with van der Waals surface area (Å²) >= 11 is 5.94. The Morgan fingerprint density at radius 1 is 1.38 bits per heavy atom. The molecule has 1 N–H and O–H groups in total. The molecule has 0 aliphatic rings. The van der Waals surface area contributed by atoms with Gasteiger partial charge in [0.25, 0.3) is 6.47 Å². The molecule has 0 fully saturated rings. The molecule has 2 heterocycles. The van der Waals surface area contributed by atoms with Crippen molar-refractivity contribution in [1.82, 2.24) is 14.9 Å². The lowest BCUT2D eigenvalue weighted by atomic mass is 10.2. The number of nitrogens with zero attached hydrogens (tertiary/aromatic N) is 2. The summed E-state index contributed by atoms with van der Waals surface area (Å²) in [6.45, 7) is 10.6. The molecule has 144 valence electrons. The van der Waals surface area contributed by atoms with Crippen LogP contribution in [-0.4, -0.2) is 40.9 Å². The molecule has 0 spiro atoms. The van der Waals surface area contributed by atoms with Gasteiger partial charge in [-0.1, -0.05) is 11.6 Å². The van der Waals surface area contributed by atoms with Crippen molar-refractivity contribution in [2.24, 2.45) is 0 Å². The summed E-state index contributed by atoms with van der Waals surface area (Å²) in [5.41, 5.74) is 0.309. The average molecular weight is 384 g/mol. The van der Waals surface area contributed by atoms with Crippen molar-refractivity contribution in [2.75, 3.05) is 13.2 Å². The van der Waals surface area contributed by atoms with Crippen molar-refractivity contribution in [3.8, 4) is 0 Å². The van der Waals surface area contributed by atoms with Gasteiger partial charge in [0.05, 0.1) is 6.61 Å². The number of pyridine rings is 1. The molecule has 0 saturated heterocycles. The van der Waals surface area contributed by atoms with E-state index in [0.29, 0.717) is 24.8 Å². The topological polar surface area (TPSA) is 82.4 Å². The molecule has 8 heteroatoms. The number of hydrogen-bond donors (Lipinski definition) is 1. The predicted octanol–water partition coefficient (Wildman–Crippen LogP) is 3.95. The van der Waals surface area contributed by atoms with Crippen LogP contribution in [0, 0.1) is 0 Å². The number of alkyl carbamates (subject to hydrolysis) is 1. The van der Waals surface area contributed by atoms with Crippen LogP contribution in [0.2, 0.25) is 5.15 Å². The summed E-state index contributed by atoms with van der Waals surface area (Å²) in [5.74, 6) is 0. The minimum Gasteiger partial charge on any atom is -0.468 e. The number of amides is 1. The van der Waals surface area contributed by atoms with E-state index in [2.05, 4.69) is 15.0 Å². The summed E-state index contributed by atoms with van der Waals surface area (Å²) in [6.07, 6.45) is 1.52. The summed E-state index contributed by atoms with van der Waals surface area (Å²) < 4.78 is 11.4. The number of rotatable bonds is 5. The van der Waals surface area contributed by atoms with Crippen molar-refractivity contribution in [3.05, 3.63) is 29.5 Å². The van der Waals surface area contributed by atoms with E-state index in [1.807, 2.05) is 50.6 Å². The first-order valence-electron chi connectivity index (χ1n) is 8.33. The Morgan fingerprint density at radius 3 is 2.62 bits per heavy atom. The number of nitrogens with one attached hydrogen (secondary N) is 1. The number of hydrogen-bond acceptors (Lipinski definition) is 5. The molecule has 2 rings (SSSR count). The number of carbonyl (C=O) groups is 2. The molecule has 7 nitrogen and oxygen atoms in total. The van der Waals surface area contributed by atoms with Crippen LogP contribution in [0.15, 0.2) is 24.4 Å². The van der Waals surface area contributed by atoms with Gasteiger partial charge < -0.3 is 19.4 Å². The van der Waals surface area contributed by atoms with E-state index in [4.69, 9.17) is 16.3 Å². The van der Waals surface area contributed by atoms with E-state index in [0.717, 1.165) is 11.0 Å². The van der Waals surface area contributed by atoms with Crippen LogP contribution in [0.1, 0.15) is 40.7 Å². The Hall–Kier alpha value is -2.28. The fraction of sp³-hybridized carbons (Fsp3) is 0.500. The highest BCUT2D eigenvalue weighted by molar-refractivity contribution is 6.29. The van der Waals surface area contributed by atoms with Crippen LogP contribution < -0.4 is 5.32 Å². The van der Waals surface area contributed by atoms with Crippen LogP contribution >= 0.6 is 11.6 Å². The van der Waals surface area contributed by atoms with Crippen LogP contribution in [0.5, 0.6) is 0 Å². The molecule has 0 aromatic carbocycles. The largest absolute Gasteiger partial charge is 0.468 e. The highest BCUT2D eigenvalue weighted by atomic mass is 35.5. The van der Waals surface area contributed by atoms with E-state index in [-0.39, 0.29) is 6.04 Å². The lowest BCUT2D eigenvalue weighted by Crippen LogP contribution is -2.35. The molecule has 0 saturated carbocycles. The first-order chi connectivity index (χ1) is 12.2. The van der Waals surface area contributed by atoms with Crippen molar-refractivity contribution < 1.29 is 19.1 Å². The zero-order valence-electron chi connectivity index (χ0n) is 15.8. The third-order valence-electron chi connectivity index (χ3n) is 3.18. The Bertz CT molecular complexity index is 725. The molecule has 2 aromatic heterocycles. The Morgan fingerprint density at radius 2 is 2.08 bits per heavy atom. The molecule has 0 aliphatic carbocycles. The second kappa shape index (κ2) is 10.0. The van der Waals surface area contributed by atoms with Gasteiger partial charge in [-0.2, -0.15) is 0 Å². The third-order valence-corrected chi connectivity index (χ3v) is 3.39. The number of halogens is 1. The second-order valence-corrected chi connectivity index (χ2v) is 6.94. The van der Waals surface area contributed by atoms with Crippen molar-refractivity contribution >= 4 is 35.2 Å². The van der Waals surface area contributed by atoms with Gasteiger partial charge >= 0.3 is 6.09 Å². The number of aromatic nitrogens is 2. The van der Waals surface area contributed by atoms with Crippen LogP contribution in [0.3, 0.4) is 0 Å². The molecule has 1 unspecified atom stereocenters. The van der Waals surface area contributed by atoms with E-state index in [1.54, 1.807) is 13.0 Å². The number of fused-ring (bicyclic) bond motifs is 1. The molecule has 1 atom stereocenters. The molecular formula is C18H26ClN3O4. The molecule has 0 radical (unpaired) electrons. The standard InChI is InChI=1S/C15H20ClN3O2.C3H6O2/c1-10(9-17-14(20)21-15(2,3)4)19-8-7-11-5-6-12(16)18-13(11)19;1-2-5-3-4/h5-8,10H,9H2,1-4H3,(H,17,20);3H,2H2,1H3. The van der Waals surface area contributed by atoms with Gasteiger partial charge in [-0.3, -0.25) is 4.79 Å². The normalized spacial score (nSPS) is 11.9. The smallest absolute Gasteiger partial charge is 0.407 e. The molecule has 26 heavy (non-hydrogen) atoms. The van der Waals surface area contributed by atoms with Gasteiger partial charge in [-0.25, -0.2) is 9.78 Å². The SMILES string of the molecule is CC(CNC(=O)OC(C)(C)C)n1ccc2ccc(Cl)nc21.CCOC=O. The van der Waals surface area contributed by atoms with Crippen LogP contribution in [0.25, 0.3) is 11.0 Å². The van der Waals surface area contributed by atoms with Gasteiger partial charge in [-0.15, -0.1) is 0 Å². The maximum atomic E-state index is 11.7. The van der Waals surface area contributed by atoms with Crippen LogP contribution in [-0.2, 0) is 14.3 Å². The minimum absolute atomic E-state index is 0.0426. The summed E-state index contributed by atoms with van der Waals surface area (Å²) in [6, 6.07) is 5.70. The molecular weight excluding hydrogens is 358 g/mol. The maximum Gasteiger partial charge on any atom is 0.407 e. The lowest BCUT2D eigenvalue weighted by Gasteiger charge is -2.21. The molecule has 2 aromatic rings. The van der Waals surface area contributed by atoms with Gasteiger partial charge in [0.2, 0.25) is 0 Å². The summed E-state index contributed by atoms with van der Waals surface area (Å²) in [7, 11) is 0. The monoisotopic (exact) mass is 383 g/mol. The fourth-order valence-corrected chi connectivity index (χ4v) is 2.21. The highest BCUT2D eigenvalue weighted by Crippen LogP contribution is 2.20. The Kier molecular flexibility index (Phi) is 8.38. The summed E-state index contributed by atoms with van der Waals surface area (Å²) in [5, 5.41) is 4.23. The van der Waals surface area contributed by atoms with E-state index in [1.165, 1.54) is 0 Å². The zero-order chi connectivity index (χ0) is 19.7. The van der Waals surface area contributed by atoms with Crippen molar-refractivity contribution in [3.63, 3.8) is 0 Å². The van der Waals surface area contributed by atoms with Gasteiger partial charge in [0, 0.05) is 24.2 Å². The molecule has 1 amide bonds. The maximum absolute atomic E-state index is 11.7. The molecule has 0 aliphatic heterocycles. The Balaban J connectivity index is 0.000000597. The lowest BCUT2D eigenvalue weighted by molar-refractivity contribution is -0.128. The third kappa shape index (κ3) is 7.31. The Labute approximate surface area is 158 Å². The van der Waals surface area contributed by atoms with E-state index < -0.39 is 11.7 Å². The van der Waals surface area contributed by atoms with E-state index in [9.17, 15) is 9.59 Å². The van der Waals surface area contributed by atoms with Crippen molar-refractivity contribution in [1.29, 1.82) is 0 Å². The van der Waals surface area contributed by atoms with Gasteiger partial charge in [0.15, 0.2) is 0 Å². The molecule has 0 bridgehead atoms. The van der Waals surface area contributed by atoms with Gasteiger partial charge in [-0.05, 0) is 52.8 Å². The first kappa shape index (κ1) is 21.8. The summed E-state index contributed by atoms with van der Waals surface area (Å²) in [4.78, 5) is 25.2. The average Bonchev–Trinajstić information content (AvgIpc) is 2.95. The number of carbonyl (C=O) groups excluding carboxylic acids is 2. The second-order valence-electron chi connectivity index (χ2n) is 6.55. The van der Waals surface area contributed by atoms with Crippen LogP contribution in [0.4, 0.5) is 4.79 Å². The first-order valence-corrected chi connectivity index (χ1v) is 8.71.